The third kappa shape index (κ3) is 3.74. The van der Waals surface area contributed by atoms with Crippen molar-refractivity contribution >= 4 is 0 Å². The van der Waals surface area contributed by atoms with E-state index >= 15 is 0 Å². The molecule has 94 valence electrons. The summed E-state index contributed by atoms with van der Waals surface area (Å²) in [4.78, 5) is 2.71. The Labute approximate surface area is 101 Å². The summed E-state index contributed by atoms with van der Waals surface area (Å²) in [6.45, 7) is 7.58. The molecule has 0 radical (unpaired) electrons. The lowest BCUT2D eigenvalue weighted by molar-refractivity contribution is 0.154. The lowest BCUT2D eigenvalue weighted by atomic mass is 9.90. The lowest BCUT2D eigenvalue weighted by Gasteiger charge is -2.40. The van der Waals surface area contributed by atoms with Crippen LogP contribution >= 0.6 is 0 Å². The van der Waals surface area contributed by atoms with Gasteiger partial charge < -0.3 is 10.2 Å². The van der Waals surface area contributed by atoms with E-state index in [1.165, 1.54) is 77.5 Å². The minimum Gasteiger partial charge on any atom is -0.310 e. The minimum absolute atomic E-state index is 0.400. The van der Waals surface area contributed by atoms with Gasteiger partial charge in [-0.15, -0.1) is 0 Å². The van der Waals surface area contributed by atoms with E-state index in [4.69, 9.17) is 0 Å². The molecule has 0 amide bonds. The molecule has 2 heteroatoms. The average molecular weight is 224 g/mol. The second-order valence-corrected chi connectivity index (χ2v) is 5.99. The highest BCUT2D eigenvalue weighted by molar-refractivity contribution is 4.89. The van der Waals surface area contributed by atoms with Crippen LogP contribution in [0, 0.1) is 0 Å². The van der Waals surface area contributed by atoms with Crippen LogP contribution in [0.3, 0.4) is 0 Å². The quantitative estimate of drug-likeness (QED) is 0.776. The van der Waals surface area contributed by atoms with Crippen LogP contribution in [0.25, 0.3) is 0 Å². The third-order valence-corrected chi connectivity index (χ3v) is 4.23. The van der Waals surface area contributed by atoms with E-state index in [2.05, 4.69) is 17.1 Å². The van der Waals surface area contributed by atoms with Gasteiger partial charge in [0.05, 0.1) is 0 Å². The number of nitrogens with one attached hydrogen (secondary N) is 1. The van der Waals surface area contributed by atoms with Gasteiger partial charge in [0.15, 0.2) is 0 Å². The molecule has 0 aromatic rings. The highest BCUT2D eigenvalue weighted by Gasteiger charge is 2.28. The Morgan fingerprint density at radius 2 is 1.62 bits per heavy atom. The molecule has 0 aromatic heterocycles. The van der Waals surface area contributed by atoms with Gasteiger partial charge in [0.25, 0.3) is 0 Å². The second-order valence-electron chi connectivity index (χ2n) is 5.99. The summed E-state index contributed by atoms with van der Waals surface area (Å²) in [7, 11) is 0. The molecule has 2 aliphatic rings. The molecular formula is C14H28N2. The molecule has 2 saturated heterocycles. The predicted octanol–water partition coefficient (Wildman–Crippen LogP) is 2.78. The van der Waals surface area contributed by atoms with Gasteiger partial charge >= 0.3 is 0 Å². The summed E-state index contributed by atoms with van der Waals surface area (Å²) in [6, 6.07) is 0. The van der Waals surface area contributed by atoms with Gasteiger partial charge in [-0.25, -0.2) is 0 Å². The van der Waals surface area contributed by atoms with Gasteiger partial charge in [-0.2, -0.15) is 0 Å². The topological polar surface area (TPSA) is 15.3 Å². The standard InChI is InChI=1S/C14H28N2/c1-14(9-5-6-10-15-14)13-16-11-7-3-2-4-8-12-16/h15H,2-13H2,1H3. The molecule has 2 nitrogen and oxygen atoms in total. The first-order chi connectivity index (χ1) is 7.79. The SMILES string of the molecule is CC1(CN2CCCCCCC2)CCCCN1. The molecular weight excluding hydrogens is 196 g/mol. The zero-order valence-electron chi connectivity index (χ0n) is 10.9. The molecule has 0 bridgehead atoms. The van der Waals surface area contributed by atoms with E-state index in [9.17, 15) is 0 Å². The molecule has 2 heterocycles. The van der Waals surface area contributed by atoms with Gasteiger partial charge in [-0.1, -0.05) is 25.7 Å². The van der Waals surface area contributed by atoms with Crippen molar-refractivity contribution < 1.29 is 0 Å². The van der Waals surface area contributed by atoms with E-state index in [0.717, 1.165) is 0 Å². The van der Waals surface area contributed by atoms with E-state index in [0.29, 0.717) is 5.54 Å². The van der Waals surface area contributed by atoms with Crippen LogP contribution in [0.5, 0.6) is 0 Å². The van der Waals surface area contributed by atoms with Crippen LogP contribution in [0.15, 0.2) is 0 Å². The van der Waals surface area contributed by atoms with Crippen molar-refractivity contribution in [2.75, 3.05) is 26.2 Å². The van der Waals surface area contributed by atoms with Crippen LogP contribution in [-0.4, -0.2) is 36.6 Å². The fraction of sp³-hybridized carbons (Fsp3) is 1.00. The fourth-order valence-electron chi connectivity index (χ4n) is 3.22. The molecule has 0 aliphatic carbocycles. The molecule has 1 N–H and O–H groups in total. The van der Waals surface area contributed by atoms with Crippen LogP contribution in [0.1, 0.15) is 58.3 Å². The number of likely N-dealkylation sites (tertiary alicyclic amines) is 1. The first-order valence-corrected chi connectivity index (χ1v) is 7.26. The van der Waals surface area contributed by atoms with Gasteiger partial charge in [0.1, 0.15) is 0 Å². The molecule has 0 aromatic carbocycles. The van der Waals surface area contributed by atoms with E-state index in [1.54, 1.807) is 0 Å². The normalized spacial score (nSPS) is 34.3. The van der Waals surface area contributed by atoms with Crippen molar-refractivity contribution in [3.8, 4) is 0 Å². The minimum atomic E-state index is 0.400. The third-order valence-electron chi connectivity index (χ3n) is 4.23. The number of rotatable bonds is 2. The van der Waals surface area contributed by atoms with Crippen molar-refractivity contribution in [3.63, 3.8) is 0 Å². The fourth-order valence-corrected chi connectivity index (χ4v) is 3.22. The summed E-state index contributed by atoms with van der Waals surface area (Å²) < 4.78 is 0. The molecule has 1 unspecified atom stereocenters. The Kier molecular flexibility index (Phi) is 4.66. The first kappa shape index (κ1) is 12.4. The predicted molar refractivity (Wildman–Crippen MR) is 69.8 cm³/mol. The number of hydrogen-bond acceptors (Lipinski definition) is 2. The molecule has 2 aliphatic heterocycles. The second kappa shape index (κ2) is 6.02. The lowest BCUT2D eigenvalue weighted by Crippen LogP contribution is -2.54. The average Bonchev–Trinajstić information content (AvgIpc) is 2.23. The van der Waals surface area contributed by atoms with E-state index in [1.807, 2.05) is 0 Å². The van der Waals surface area contributed by atoms with Gasteiger partial charge in [0, 0.05) is 12.1 Å². The molecule has 2 rings (SSSR count). The molecule has 1 atom stereocenters. The number of hydrogen-bond donors (Lipinski definition) is 1. The van der Waals surface area contributed by atoms with Crippen molar-refractivity contribution in [2.45, 2.75) is 63.8 Å². The van der Waals surface area contributed by atoms with Gasteiger partial charge in [0.2, 0.25) is 0 Å². The summed E-state index contributed by atoms with van der Waals surface area (Å²) in [5.74, 6) is 0. The largest absolute Gasteiger partial charge is 0.310 e. The summed E-state index contributed by atoms with van der Waals surface area (Å²) >= 11 is 0. The Hall–Kier alpha value is -0.0800. The maximum absolute atomic E-state index is 3.74. The first-order valence-electron chi connectivity index (χ1n) is 7.26. The highest BCUT2D eigenvalue weighted by Crippen LogP contribution is 2.21. The van der Waals surface area contributed by atoms with Crippen LogP contribution < -0.4 is 5.32 Å². The Bertz CT molecular complexity index is 189. The van der Waals surface area contributed by atoms with Crippen molar-refractivity contribution in [1.29, 1.82) is 0 Å². The van der Waals surface area contributed by atoms with Gasteiger partial charge in [-0.05, 0) is 52.2 Å². The van der Waals surface area contributed by atoms with Crippen LogP contribution in [-0.2, 0) is 0 Å². The molecule has 0 spiro atoms. The number of nitrogens with zero attached hydrogens (tertiary/aromatic N) is 1. The number of piperidine rings is 1. The highest BCUT2D eigenvalue weighted by atomic mass is 15.2. The van der Waals surface area contributed by atoms with Gasteiger partial charge in [-0.3, -0.25) is 0 Å². The Morgan fingerprint density at radius 1 is 0.938 bits per heavy atom. The molecule has 2 fully saturated rings. The Morgan fingerprint density at radius 3 is 2.25 bits per heavy atom. The molecule has 16 heavy (non-hydrogen) atoms. The monoisotopic (exact) mass is 224 g/mol. The summed E-state index contributed by atoms with van der Waals surface area (Å²) in [6.07, 6.45) is 11.3. The van der Waals surface area contributed by atoms with Crippen molar-refractivity contribution in [2.24, 2.45) is 0 Å². The maximum Gasteiger partial charge on any atom is 0.0280 e. The smallest absolute Gasteiger partial charge is 0.0280 e. The van der Waals surface area contributed by atoms with Crippen molar-refractivity contribution in [1.82, 2.24) is 10.2 Å². The van der Waals surface area contributed by atoms with Crippen molar-refractivity contribution in [3.05, 3.63) is 0 Å². The summed E-state index contributed by atoms with van der Waals surface area (Å²) in [5, 5.41) is 3.74. The van der Waals surface area contributed by atoms with Crippen LogP contribution in [0.4, 0.5) is 0 Å². The van der Waals surface area contributed by atoms with E-state index < -0.39 is 0 Å². The van der Waals surface area contributed by atoms with Crippen LogP contribution in [0.2, 0.25) is 0 Å². The molecule has 0 saturated carbocycles. The Balaban J connectivity index is 1.81. The zero-order valence-corrected chi connectivity index (χ0v) is 10.9. The maximum atomic E-state index is 3.74. The summed E-state index contributed by atoms with van der Waals surface area (Å²) in [5.41, 5.74) is 0.400. The zero-order chi connectivity index (χ0) is 11.3. The van der Waals surface area contributed by atoms with E-state index in [-0.39, 0.29) is 0 Å².